The Balaban J connectivity index is 1.85. The van der Waals surface area contributed by atoms with Crippen LogP contribution in [0.1, 0.15) is 19.4 Å². The maximum atomic E-state index is 12.3. The topological polar surface area (TPSA) is 62.5 Å². The Bertz CT molecular complexity index is 438. The quantitative estimate of drug-likeness (QED) is 0.880. The largest absolute Gasteiger partial charge is 0.340 e. The van der Waals surface area contributed by atoms with Crippen molar-refractivity contribution in [1.29, 1.82) is 0 Å². The predicted molar refractivity (Wildman–Crippen MR) is 78.9 cm³/mol. The molecule has 1 amide bonds. The van der Waals surface area contributed by atoms with Crippen molar-refractivity contribution >= 4 is 5.91 Å². The molecule has 2 rings (SSSR count). The highest BCUT2D eigenvalue weighted by Crippen LogP contribution is 2.18. The second kappa shape index (κ2) is 6.33. The first-order valence-electron chi connectivity index (χ1n) is 7.13. The van der Waals surface area contributed by atoms with Crippen LogP contribution in [0.5, 0.6) is 0 Å². The number of rotatable bonds is 4. The van der Waals surface area contributed by atoms with Crippen LogP contribution >= 0.6 is 0 Å². The second-order valence-electron chi connectivity index (χ2n) is 6.02. The lowest BCUT2D eigenvalue weighted by Gasteiger charge is -2.38. The van der Waals surface area contributed by atoms with Crippen molar-refractivity contribution in [1.82, 2.24) is 14.8 Å². The number of pyridine rings is 1. The molecule has 0 aromatic carbocycles. The van der Waals surface area contributed by atoms with E-state index in [-0.39, 0.29) is 5.91 Å². The van der Waals surface area contributed by atoms with Crippen LogP contribution in [0.4, 0.5) is 0 Å². The molecule has 110 valence electrons. The Labute approximate surface area is 120 Å². The van der Waals surface area contributed by atoms with Gasteiger partial charge in [0.15, 0.2) is 0 Å². The van der Waals surface area contributed by atoms with Gasteiger partial charge in [-0.05, 0) is 25.5 Å². The molecule has 0 atom stereocenters. The van der Waals surface area contributed by atoms with Crippen molar-refractivity contribution < 1.29 is 4.79 Å². The van der Waals surface area contributed by atoms with Crippen LogP contribution in [0.25, 0.3) is 0 Å². The lowest BCUT2D eigenvalue weighted by atomic mass is 9.91. The Morgan fingerprint density at radius 3 is 2.60 bits per heavy atom. The number of nitrogens with zero attached hydrogens (tertiary/aromatic N) is 3. The number of carbonyl (C=O) groups excluding carboxylic acids is 1. The maximum absolute atomic E-state index is 12.3. The monoisotopic (exact) mass is 276 g/mol. The van der Waals surface area contributed by atoms with E-state index in [9.17, 15) is 4.79 Å². The smallest absolute Gasteiger partial charge is 0.229 e. The summed E-state index contributed by atoms with van der Waals surface area (Å²) in [5.41, 5.74) is 6.44. The molecule has 1 aliphatic rings. The van der Waals surface area contributed by atoms with E-state index in [2.05, 4.69) is 16.0 Å². The number of carbonyl (C=O) groups is 1. The van der Waals surface area contributed by atoms with E-state index in [1.54, 1.807) is 6.20 Å². The van der Waals surface area contributed by atoms with Gasteiger partial charge in [-0.1, -0.05) is 6.07 Å². The Kier molecular flexibility index (Phi) is 4.73. The summed E-state index contributed by atoms with van der Waals surface area (Å²) in [6.45, 7) is 8.49. The van der Waals surface area contributed by atoms with Gasteiger partial charge in [0, 0.05) is 51.7 Å². The molecular weight excluding hydrogens is 252 g/mol. The van der Waals surface area contributed by atoms with Gasteiger partial charge in [-0.3, -0.25) is 14.7 Å². The first kappa shape index (κ1) is 14.9. The fraction of sp³-hybridized carbons (Fsp3) is 0.600. The Hall–Kier alpha value is -1.46. The number of hydrogen-bond donors (Lipinski definition) is 1. The van der Waals surface area contributed by atoms with Crippen molar-refractivity contribution in [2.24, 2.45) is 11.1 Å². The van der Waals surface area contributed by atoms with Crippen LogP contribution in [-0.4, -0.2) is 53.4 Å². The number of nitrogens with two attached hydrogens (primary N) is 1. The highest BCUT2D eigenvalue weighted by molar-refractivity contribution is 5.82. The summed E-state index contributed by atoms with van der Waals surface area (Å²) in [6.07, 6.45) is 3.68. The minimum Gasteiger partial charge on any atom is -0.340 e. The van der Waals surface area contributed by atoms with Gasteiger partial charge in [0.25, 0.3) is 0 Å². The van der Waals surface area contributed by atoms with Crippen LogP contribution in [0.15, 0.2) is 24.5 Å². The average molecular weight is 276 g/mol. The molecule has 1 aliphatic heterocycles. The molecule has 1 saturated heterocycles. The van der Waals surface area contributed by atoms with Crippen molar-refractivity contribution in [3.63, 3.8) is 0 Å². The highest BCUT2D eigenvalue weighted by atomic mass is 16.2. The van der Waals surface area contributed by atoms with E-state index in [0.29, 0.717) is 6.54 Å². The predicted octanol–water partition coefficient (Wildman–Crippen LogP) is 0.711. The molecule has 1 fully saturated rings. The molecule has 20 heavy (non-hydrogen) atoms. The second-order valence-corrected chi connectivity index (χ2v) is 6.02. The Morgan fingerprint density at radius 1 is 1.35 bits per heavy atom. The molecule has 0 aliphatic carbocycles. The third-order valence-corrected chi connectivity index (χ3v) is 3.88. The van der Waals surface area contributed by atoms with Crippen LogP contribution < -0.4 is 5.73 Å². The van der Waals surface area contributed by atoms with Gasteiger partial charge in [0.05, 0.1) is 5.41 Å². The summed E-state index contributed by atoms with van der Waals surface area (Å²) in [5, 5.41) is 0. The van der Waals surface area contributed by atoms with E-state index in [4.69, 9.17) is 5.73 Å². The molecule has 2 heterocycles. The lowest BCUT2D eigenvalue weighted by molar-refractivity contribution is -0.141. The minimum absolute atomic E-state index is 0.168. The molecule has 1 aromatic rings. The standard InChI is InChI=1S/C15H24N4O/c1-15(2,12-16)14(20)19-8-6-18(7-9-19)11-13-4-3-5-17-10-13/h3-5,10H,6-9,11-12,16H2,1-2H3. The number of hydrogen-bond acceptors (Lipinski definition) is 4. The molecular formula is C15H24N4O. The van der Waals surface area contributed by atoms with Crippen LogP contribution in [-0.2, 0) is 11.3 Å². The van der Waals surface area contributed by atoms with Gasteiger partial charge in [-0.15, -0.1) is 0 Å². The molecule has 0 saturated carbocycles. The van der Waals surface area contributed by atoms with Crippen LogP contribution in [0.2, 0.25) is 0 Å². The summed E-state index contributed by atoms with van der Waals surface area (Å²) >= 11 is 0. The zero-order valence-electron chi connectivity index (χ0n) is 12.4. The molecule has 0 spiro atoms. The zero-order valence-corrected chi connectivity index (χ0v) is 12.4. The zero-order chi connectivity index (χ0) is 14.6. The molecule has 2 N–H and O–H groups in total. The number of aromatic nitrogens is 1. The summed E-state index contributed by atoms with van der Waals surface area (Å²) in [4.78, 5) is 20.8. The summed E-state index contributed by atoms with van der Waals surface area (Å²) in [6, 6.07) is 4.04. The first-order chi connectivity index (χ1) is 9.53. The summed E-state index contributed by atoms with van der Waals surface area (Å²) in [5.74, 6) is 0.168. The van der Waals surface area contributed by atoms with Crippen molar-refractivity contribution in [3.8, 4) is 0 Å². The summed E-state index contributed by atoms with van der Waals surface area (Å²) < 4.78 is 0. The van der Waals surface area contributed by atoms with E-state index >= 15 is 0 Å². The van der Waals surface area contributed by atoms with Gasteiger partial charge in [0.2, 0.25) is 5.91 Å². The van der Waals surface area contributed by atoms with E-state index in [1.807, 2.05) is 31.0 Å². The van der Waals surface area contributed by atoms with Gasteiger partial charge in [0.1, 0.15) is 0 Å². The molecule has 0 bridgehead atoms. The van der Waals surface area contributed by atoms with Gasteiger partial charge >= 0.3 is 0 Å². The number of amides is 1. The molecule has 5 heteroatoms. The minimum atomic E-state index is -0.453. The SMILES string of the molecule is CC(C)(CN)C(=O)N1CCN(Cc2cccnc2)CC1. The van der Waals surface area contributed by atoms with E-state index in [0.717, 1.165) is 32.7 Å². The molecule has 0 radical (unpaired) electrons. The highest BCUT2D eigenvalue weighted by Gasteiger charge is 2.32. The van der Waals surface area contributed by atoms with Crippen LogP contribution in [0.3, 0.4) is 0 Å². The van der Waals surface area contributed by atoms with E-state index < -0.39 is 5.41 Å². The molecule has 0 unspecified atom stereocenters. The Morgan fingerprint density at radius 2 is 2.05 bits per heavy atom. The number of piperazine rings is 1. The van der Waals surface area contributed by atoms with Crippen molar-refractivity contribution in [2.45, 2.75) is 20.4 Å². The van der Waals surface area contributed by atoms with Gasteiger partial charge in [-0.25, -0.2) is 0 Å². The van der Waals surface area contributed by atoms with Crippen molar-refractivity contribution in [2.75, 3.05) is 32.7 Å². The van der Waals surface area contributed by atoms with Crippen molar-refractivity contribution in [3.05, 3.63) is 30.1 Å². The average Bonchev–Trinajstić information content (AvgIpc) is 2.48. The molecule has 5 nitrogen and oxygen atoms in total. The lowest BCUT2D eigenvalue weighted by Crippen LogP contribution is -2.53. The fourth-order valence-corrected chi connectivity index (χ4v) is 2.37. The van der Waals surface area contributed by atoms with Crippen LogP contribution in [0, 0.1) is 5.41 Å². The third kappa shape index (κ3) is 3.55. The normalized spacial score (nSPS) is 17.2. The summed E-state index contributed by atoms with van der Waals surface area (Å²) in [7, 11) is 0. The van der Waals surface area contributed by atoms with Gasteiger partial charge in [-0.2, -0.15) is 0 Å². The maximum Gasteiger partial charge on any atom is 0.229 e. The van der Waals surface area contributed by atoms with E-state index in [1.165, 1.54) is 5.56 Å². The van der Waals surface area contributed by atoms with Gasteiger partial charge < -0.3 is 10.6 Å². The molecule has 1 aromatic heterocycles. The first-order valence-corrected chi connectivity index (χ1v) is 7.13. The fourth-order valence-electron chi connectivity index (χ4n) is 2.37. The third-order valence-electron chi connectivity index (χ3n) is 3.88.